The maximum Gasteiger partial charge on any atom is 0.270 e. The molecule has 0 bridgehead atoms. The molecule has 0 spiro atoms. The van der Waals surface area contributed by atoms with E-state index in [1.54, 1.807) is 0 Å². The van der Waals surface area contributed by atoms with Crippen molar-refractivity contribution in [3.63, 3.8) is 0 Å². The molecule has 1 aromatic carbocycles. The van der Waals surface area contributed by atoms with Gasteiger partial charge in [0.25, 0.3) is 11.6 Å². The SMILES string of the molecule is Cc1cc([N+](=O)[O-])cc(C(=O)N2C[C@@H](C)O[C@@H](C)C2)c1F. The Hall–Kier alpha value is -2.02. The van der Waals surface area contributed by atoms with Crippen LogP contribution in [0.25, 0.3) is 0 Å². The fourth-order valence-electron chi connectivity index (χ4n) is 2.53. The fourth-order valence-corrected chi connectivity index (χ4v) is 2.53. The second-order valence-corrected chi connectivity index (χ2v) is 5.35. The highest BCUT2D eigenvalue weighted by molar-refractivity contribution is 5.95. The molecule has 0 saturated carbocycles. The fraction of sp³-hybridized carbons (Fsp3) is 0.500. The van der Waals surface area contributed by atoms with Crippen LogP contribution >= 0.6 is 0 Å². The summed E-state index contributed by atoms with van der Waals surface area (Å²) in [5, 5.41) is 10.9. The summed E-state index contributed by atoms with van der Waals surface area (Å²) in [7, 11) is 0. The summed E-state index contributed by atoms with van der Waals surface area (Å²) in [5.41, 5.74) is -0.462. The van der Waals surface area contributed by atoms with Gasteiger partial charge in [-0.05, 0) is 26.3 Å². The van der Waals surface area contributed by atoms with Crippen molar-refractivity contribution in [3.05, 3.63) is 39.2 Å². The van der Waals surface area contributed by atoms with E-state index in [1.165, 1.54) is 11.8 Å². The summed E-state index contributed by atoms with van der Waals surface area (Å²) < 4.78 is 19.7. The maximum absolute atomic E-state index is 14.1. The Morgan fingerprint density at radius 3 is 2.48 bits per heavy atom. The van der Waals surface area contributed by atoms with Crippen LogP contribution in [0.15, 0.2) is 12.1 Å². The van der Waals surface area contributed by atoms with Gasteiger partial charge in [0, 0.05) is 25.2 Å². The van der Waals surface area contributed by atoms with Gasteiger partial charge in [-0.25, -0.2) is 4.39 Å². The molecule has 1 saturated heterocycles. The molecule has 0 aliphatic carbocycles. The van der Waals surface area contributed by atoms with E-state index in [9.17, 15) is 19.3 Å². The first kappa shape index (κ1) is 15.4. The zero-order valence-electron chi connectivity index (χ0n) is 12.1. The number of carbonyl (C=O) groups is 1. The normalized spacial score (nSPS) is 22.2. The molecule has 1 amide bonds. The molecule has 6 nitrogen and oxygen atoms in total. The molecular formula is C14H17FN2O4. The molecule has 2 rings (SSSR count). The largest absolute Gasteiger partial charge is 0.372 e. The molecule has 1 aliphatic rings. The number of nitrogens with zero attached hydrogens (tertiary/aromatic N) is 2. The quantitative estimate of drug-likeness (QED) is 0.620. The van der Waals surface area contributed by atoms with Crippen molar-refractivity contribution in [1.29, 1.82) is 0 Å². The molecule has 21 heavy (non-hydrogen) atoms. The van der Waals surface area contributed by atoms with E-state index in [-0.39, 0.29) is 29.0 Å². The Morgan fingerprint density at radius 2 is 1.95 bits per heavy atom. The van der Waals surface area contributed by atoms with Gasteiger partial charge < -0.3 is 9.64 Å². The molecule has 0 unspecified atom stereocenters. The van der Waals surface area contributed by atoms with Gasteiger partial charge in [-0.15, -0.1) is 0 Å². The highest BCUT2D eigenvalue weighted by Crippen LogP contribution is 2.23. The van der Waals surface area contributed by atoms with Crippen LogP contribution in [0.4, 0.5) is 10.1 Å². The van der Waals surface area contributed by atoms with Crippen LogP contribution in [0.1, 0.15) is 29.8 Å². The van der Waals surface area contributed by atoms with Gasteiger partial charge in [0.05, 0.1) is 22.7 Å². The molecule has 114 valence electrons. The van der Waals surface area contributed by atoms with E-state index >= 15 is 0 Å². The average molecular weight is 296 g/mol. The van der Waals surface area contributed by atoms with E-state index in [4.69, 9.17) is 4.74 Å². The van der Waals surface area contributed by atoms with Gasteiger partial charge in [0.1, 0.15) is 5.82 Å². The first-order chi connectivity index (χ1) is 9.79. The van der Waals surface area contributed by atoms with Gasteiger partial charge in [-0.2, -0.15) is 0 Å². The Bertz CT molecular complexity index is 581. The summed E-state index contributed by atoms with van der Waals surface area (Å²) >= 11 is 0. The number of hydrogen-bond acceptors (Lipinski definition) is 4. The Balaban J connectivity index is 2.36. The van der Waals surface area contributed by atoms with Crippen molar-refractivity contribution in [1.82, 2.24) is 4.90 Å². The first-order valence-electron chi connectivity index (χ1n) is 6.69. The van der Waals surface area contributed by atoms with Gasteiger partial charge in [0.15, 0.2) is 0 Å². The lowest BCUT2D eigenvalue weighted by Crippen LogP contribution is -2.48. The van der Waals surface area contributed by atoms with Crippen molar-refractivity contribution in [2.24, 2.45) is 0 Å². The minimum atomic E-state index is -0.711. The van der Waals surface area contributed by atoms with Crippen molar-refractivity contribution < 1.29 is 18.8 Å². The van der Waals surface area contributed by atoms with Crippen LogP contribution in [-0.2, 0) is 4.74 Å². The lowest BCUT2D eigenvalue weighted by molar-refractivity contribution is -0.385. The van der Waals surface area contributed by atoms with Gasteiger partial charge >= 0.3 is 0 Å². The van der Waals surface area contributed by atoms with Crippen molar-refractivity contribution >= 4 is 11.6 Å². The van der Waals surface area contributed by atoms with E-state index in [1.807, 2.05) is 13.8 Å². The summed E-state index contributed by atoms with van der Waals surface area (Å²) in [6, 6.07) is 2.12. The number of morpholine rings is 1. The third-order valence-corrected chi connectivity index (χ3v) is 3.39. The Kier molecular flexibility index (Phi) is 4.22. The number of nitro benzene ring substituents is 1. The smallest absolute Gasteiger partial charge is 0.270 e. The van der Waals surface area contributed by atoms with Crippen molar-refractivity contribution in [2.75, 3.05) is 13.1 Å². The summed E-state index contributed by atoms with van der Waals surface area (Å²) in [6.07, 6.45) is -0.305. The average Bonchev–Trinajstić information content (AvgIpc) is 2.39. The van der Waals surface area contributed by atoms with Crippen LogP contribution in [0.5, 0.6) is 0 Å². The van der Waals surface area contributed by atoms with Crippen molar-refractivity contribution in [3.8, 4) is 0 Å². The minimum Gasteiger partial charge on any atom is -0.372 e. The standard InChI is InChI=1S/C14H17FN2O4/c1-8-4-11(17(19)20)5-12(13(8)15)14(18)16-6-9(2)21-10(3)7-16/h4-5,9-10H,6-7H2,1-3H3/t9-,10+. The molecule has 1 fully saturated rings. The number of amides is 1. The lowest BCUT2D eigenvalue weighted by atomic mass is 10.1. The van der Waals surface area contributed by atoms with E-state index in [0.717, 1.165) is 12.1 Å². The number of hydrogen-bond donors (Lipinski definition) is 0. The predicted octanol–water partition coefficient (Wildman–Crippen LogP) is 2.29. The molecular weight excluding hydrogens is 279 g/mol. The zero-order valence-corrected chi connectivity index (χ0v) is 12.1. The number of carbonyl (C=O) groups excluding carboxylic acids is 1. The topological polar surface area (TPSA) is 72.7 Å². The van der Waals surface area contributed by atoms with Crippen molar-refractivity contribution in [2.45, 2.75) is 33.0 Å². The van der Waals surface area contributed by atoms with E-state index in [2.05, 4.69) is 0 Å². The maximum atomic E-state index is 14.1. The number of aryl methyl sites for hydroxylation is 1. The highest BCUT2D eigenvalue weighted by atomic mass is 19.1. The number of nitro groups is 1. The minimum absolute atomic E-state index is 0.0851. The number of halogens is 1. The summed E-state index contributed by atoms with van der Waals surface area (Å²) in [5.74, 6) is -1.25. The highest BCUT2D eigenvalue weighted by Gasteiger charge is 2.29. The second kappa shape index (κ2) is 5.77. The van der Waals surface area contributed by atoms with Gasteiger partial charge in [-0.1, -0.05) is 0 Å². The number of ether oxygens (including phenoxy) is 1. The molecule has 1 aromatic rings. The molecule has 1 heterocycles. The summed E-state index contributed by atoms with van der Waals surface area (Å²) in [6.45, 7) is 5.73. The van der Waals surface area contributed by atoms with Gasteiger partial charge in [-0.3, -0.25) is 14.9 Å². The van der Waals surface area contributed by atoms with E-state index < -0.39 is 16.6 Å². The number of benzene rings is 1. The van der Waals surface area contributed by atoms with Crippen LogP contribution in [-0.4, -0.2) is 41.0 Å². The van der Waals surface area contributed by atoms with Crippen LogP contribution in [0.2, 0.25) is 0 Å². The monoisotopic (exact) mass is 296 g/mol. The molecule has 7 heteroatoms. The Labute approximate surface area is 121 Å². The third kappa shape index (κ3) is 3.18. The first-order valence-corrected chi connectivity index (χ1v) is 6.69. The molecule has 0 aromatic heterocycles. The van der Waals surface area contributed by atoms with Gasteiger partial charge in [0.2, 0.25) is 0 Å². The lowest BCUT2D eigenvalue weighted by Gasteiger charge is -2.35. The van der Waals surface area contributed by atoms with Crippen LogP contribution in [0, 0.1) is 22.9 Å². The third-order valence-electron chi connectivity index (χ3n) is 3.39. The second-order valence-electron chi connectivity index (χ2n) is 5.35. The molecule has 2 atom stereocenters. The summed E-state index contributed by atoms with van der Waals surface area (Å²) in [4.78, 5) is 24.1. The molecule has 0 N–H and O–H groups in total. The Morgan fingerprint density at radius 1 is 1.38 bits per heavy atom. The zero-order chi connectivity index (χ0) is 15.7. The molecule has 1 aliphatic heterocycles. The number of non-ortho nitro benzene ring substituents is 1. The van der Waals surface area contributed by atoms with Crippen LogP contribution < -0.4 is 0 Å². The molecule has 0 radical (unpaired) electrons. The predicted molar refractivity (Wildman–Crippen MR) is 73.7 cm³/mol. The van der Waals surface area contributed by atoms with Crippen LogP contribution in [0.3, 0.4) is 0 Å². The van der Waals surface area contributed by atoms with E-state index in [0.29, 0.717) is 13.1 Å². The number of rotatable bonds is 2.